The molecule has 4 aromatic rings. The van der Waals surface area contributed by atoms with Crippen LogP contribution in [0.5, 0.6) is 0 Å². The Morgan fingerprint density at radius 3 is 2.31 bits per heavy atom. The lowest BCUT2D eigenvalue weighted by atomic mass is 10.0. The van der Waals surface area contributed by atoms with Crippen molar-refractivity contribution in [2.24, 2.45) is 0 Å². The maximum absolute atomic E-state index is 14.6. The Morgan fingerprint density at radius 1 is 0.867 bits per heavy atom. The van der Waals surface area contributed by atoms with Crippen LogP contribution in [-0.4, -0.2) is 80.7 Å². The van der Waals surface area contributed by atoms with Gasteiger partial charge < -0.3 is 24.0 Å². The summed E-state index contributed by atoms with van der Waals surface area (Å²) in [6.07, 6.45) is 5.94. The number of piperidine rings is 1. The average Bonchev–Trinajstić information content (AvgIpc) is 3.50. The van der Waals surface area contributed by atoms with E-state index in [2.05, 4.69) is 26.6 Å². The summed E-state index contributed by atoms with van der Waals surface area (Å²) < 4.78 is 7.90. The molecule has 2 aliphatic heterocycles. The third-order valence-corrected chi connectivity index (χ3v) is 8.52. The number of pyridine rings is 1. The molecule has 6 rings (SSSR count). The molecule has 0 bridgehead atoms. The summed E-state index contributed by atoms with van der Waals surface area (Å²) in [5.74, 6) is 0.848. The van der Waals surface area contributed by atoms with E-state index in [1.807, 2.05) is 105 Å². The van der Waals surface area contributed by atoms with Crippen LogP contribution in [0.1, 0.15) is 55.7 Å². The summed E-state index contributed by atoms with van der Waals surface area (Å²) in [6, 6.07) is 26.1. The molecule has 2 amide bonds. The number of hydrogen-bond acceptors (Lipinski definition) is 6. The number of amides is 2. The molecule has 0 saturated carbocycles. The molecule has 9 nitrogen and oxygen atoms in total. The van der Waals surface area contributed by atoms with E-state index in [1.54, 1.807) is 4.90 Å². The number of carbonyl (C=O) groups excluding carboxylic acids is 2. The Balaban J connectivity index is 1.32. The summed E-state index contributed by atoms with van der Waals surface area (Å²) in [6.45, 7) is 8.52. The molecule has 0 radical (unpaired) electrons. The van der Waals surface area contributed by atoms with Gasteiger partial charge in [0.2, 0.25) is 0 Å². The van der Waals surface area contributed by atoms with E-state index in [-0.39, 0.29) is 24.1 Å². The van der Waals surface area contributed by atoms with E-state index < -0.39 is 5.60 Å². The van der Waals surface area contributed by atoms with E-state index in [1.165, 1.54) is 0 Å². The highest BCUT2D eigenvalue weighted by atomic mass is 16.6. The first-order valence-corrected chi connectivity index (χ1v) is 15.9. The maximum atomic E-state index is 14.6. The van der Waals surface area contributed by atoms with Gasteiger partial charge in [0, 0.05) is 44.5 Å². The molecular formula is C36H42N6O3. The standard InChI is InChI=1S/C36H42N6O3/c1-36(2,3)45-35(44)40-21-22-41(30(25-40)23-27-13-6-4-7-14-27)34(43)32-33(28-15-8-5-9-16-28)42(26-38-32)29-17-12-20-39(24-29)31-18-10-11-19-37-31/h4-11,13-16,18-19,26,29-30H,12,17,20-25H2,1-3H3/t29?,30-/m1/s1. The summed E-state index contributed by atoms with van der Waals surface area (Å²) in [5, 5.41) is 0. The Kier molecular flexibility index (Phi) is 8.87. The predicted molar refractivity (Wildman–Crippen MR) is 175 cm³/mol. The van der Waals surface area contributed by atoms with Gasteiger partial charge in [0.15, 0.2) is 5.69 Å². The van der Waals surface area contributed by atoms with Crippen molar-refractivity contribution < 1.29 is 14.3 Å². The first-order valence-electron chi connectivity index (χ1n) is 15.9. The quantitative estimate of drug-likeness (QED) is 0.264. The van der Waals surface area contributed by atoms with Crippen LogP contribution in [0.2, 0.25) is 0 Å². The van der Waals surface area contributed by atoms with E-state index in [9.17, 15) is 9.59 Å². The van der Waals surface area contributed by atoms with Gasteiger partial charge in [-0.3, -0.25) is 4.79 Å². The van der Waals surface area contributed by atoms with Gasteiger partial charge >= 0.3 is 6.09 Å². The molecule has 0 spiro atoms. The van der Waals surface area contributed by atoms with Crippen LogP contribution >= 0.6 is 0 Å². The zero-order chi connectivity index (χ0) is 31.4. The highest BCUT2D eigenvalue weighted by molar-refractivity contribution is 5.98. The normalized spacial score (nSPS) is 19.0. The van der Waals surface area contributed by atoms with Crippen LogP contribution in [0.4, 0.5) is 10.6 Å². The van der Waals surface area contributed by atoms with Gasteiger partial charge in [-0.2, -0.15) is 0 Å². The maximum Gasteiger partial charge on any atom is 0.410 e. The Hall–Kier alpha value is -4.66. The molecule has 0 aliphatic carbocycles. The summed E-state index contributed by atoms with van der Waals surface area (Å²) >= 11 is 0. The molecule has 2 aliphatic rings. The SMILES string of the molecule is CC(C)(C)OC(=O)N1CCN(C(=O)c2ncn(C3CCCN(c4ccccn4)C3)c2-c2ccccc2)[C@H](Cc2ccccc2)C1. The first-order chi connectivity index (χ1) is 21.8. The van der Waals surface area contributed by atoms with E-state index >= 15 is 0 Å². The van der Waals surface area contributed by atoms with Gasteiger partial charge in [-0.25, -0.2) is 14.8 Å². The third kappa shape index (κ3) is 7.03. The molecule has 234 valence electrons. The van der Waals surface area contributed by atoms with Crippen LogP contribution in [0, 0.1) is 0 Å². The number of rotatable bonds is 6. The van der Waals surface area contributed by atoms with Gasteiger partial charge in [0.05, 0.1) is 24.1 Å². The Morgan fingerprint density at radius 2 is 1.60 bits per heavy atom. The topological polar surface area (TPSA) is 83.8 Å². The van der Waals surface area contributed by atoms with Crippen LogP contribution in [0.25, 0.3) is 11.3 Å². The highest BCUT2D eigenvalue weighted by Gasteiger charge is 2.37. The second kappa shape index (κ2) is 13.1. The molecule has 2 aromatic heterocycles. The minimum absolute atomic E-state index is 0.116. The number of anilines is 1. The number of aromatic nitrogens is 3. The molecule has 4 heterocycles. The fourth-order valence-corrected chi connectivity index (χ4v) is 6.42. The van der Waals surface area contributed by atoms with Gasteiger partial charge in [0.1, 0.15) is 11.4 Å². The van der Waals surface area contributed by atoms with Crippen LogP contribution < -0.4 is 4.90 Å². The van der Waals surface area contributed by atoms with Gasteiger partial charge in [-0.05, 0) is 57.7 Å². The van der Waals surface area contributed by atoms with Crippen molar-refractivity contribution in [1.29, 1.82) is 0 Å². The molecule has 2 fully saturated rings. The molecule has 2 saturated heterocycles. The fraction of sp³-hybridized carbons (Fsp3) is 0.389. The van der Waals surface area contributed by atoms with Crippen molar-refractivity contribution in [3.05, 3.63) is 103 Å². The minimum atomic E-state index is -0.596. The summed E-state index contributed by atoms with van der Waals surface area (Å²) in [7, 11) is 0. The zero-order valence-electron chi connectivity index (χ0n) is 26.4. The number of benzene rings is 2. The molecule has 1 unspecified atom stereocenters. The molecule has 0 N–H and O–H groups in total. The fourth-order valence-electron chi connectivity index (χ4n) is 6.42. The Labute approximate surface area is 265 Å². The summed E-state index contributed by atoms with van der Waals surface area (Å²) in [5.41, 5.74) is 2.75. The van der Waals surface area contributed by atoms with Crippen molar-refractivity contribution in [2.45, 2.75) is 57.7 Å². The van der Waals surface area contributed by atoms with Gasteiger partial charge in [-0.1, -0.05) is 66.7 Å². The predicted octanol–water partition coefficient (Wildman–Crippen LogP) is 6.09. The molecule has 9 heteroatoms. The molecule has 2 atom stereocenters. The van der Waals surface area contributed by atoms with E-state index in [0.717, 1.165) is 48.6 Å². The smallest absolute Gasteiger partial charge is 0.410 e. The van der Waals surface area contributed by atoms with E-state index in [0.29, 0.717) is 31.7 Å². The average molecular weight is 607 g/mol. The van der Waals surface area contributed by atoms with Crippen LogP contribution in [0.15, 0.2) is 91.4 Å². The van der Waals surface area contributed by atoms with Crippen molar-refractivity contribution in [3.8, 4) is 11.3 Å². The first kappa shape index (κ1) is 30.4. The lowest BCUT2D eigenvalue weighted by Gasteiger charge is -2.41. The number of piperazine rings is 1. The monoisotopic (exact) mass is 606 g/mol. The number of carbonyl (C=O) groups is 2. The molecule has 2 aromatic carbocycles. The third-order valence-electron chi connectivity index (χ3n) is 8.52. The lowest BCUT2D eigenvalue weighted by Crippen LogP contribution is -2.58. The number of nitrogens with zero attached hydrogens (tertiary/aromatic N) is 6. The second-order valence-electron chi connectivity index (χ2n) is 12.9. The molecular weight excluding hydrogens is 564 g/mol. The minimum Gasteiger partial charge on any atom is -0.444 e. The second-order valence-corrected chi connectivity index (χ2v) is 12.9. The van der Waals surface area contributed by atoms with Gasteiger partial charge in [-0.15, -0.1) is 0 Å². The van der Waals surface area contributed by atoms with Crippen molar-refractivity contribution in [2.75, 3.05) is 37.6 Å². The van der Waals surface area contributed by atoms with Crippen molar-refractivity contribution in [1.82, 2.24) is 24.3 Å². The largest absolute Gasteiger partial charge is 0.444 e. The number of hydrogen-bond donors (Lipinski definition) is 0. The van der Waals surface area contributed by atoms with Crippen LogP contribution in [-0.2, 0) is 11.2 Å². The Bertz CT molecular complexity index is 1590. The molecule has 45 heavy (non-hydrogen) atoms. The lowest BCUT2D eigenvalue weighted by molar-refractivity contribution is 0.00429. The van der Waals surface area contributed by atoms with Gasteiger partial charge in [0.25, 0.3) is 5.91 Å². The van der Waals surface area contributed by atoms with Crippen molar-refractivity contribution in [3.63, 3.8) is 0 Å². The number of imidazole rings is 1. The van der Waals surface area contributed by atoms with E-state index in [4.69, 9.17) is 9.72 Å². The van der Waals surface area contributed by atoms with Crippen molar-refractivity contribution >= 4 is 17.8 Å². The van der Waals surface area contributed by atoms with Crippen LogP contribution in [0.3, 0.4) is 0 Å². The highest BCUT2D eigenvalue weighted by Crippen LogP contribution is 2.33. The number of ether oxygens (including phenoxy) is 1. The zero-order valence-corrected chi connectivity index (χ0v) is 26.4. The summed E-state index contributed by atoms with van der Waals surface area (Å²) in [4.78, 5) is 43.0.